The van der Waals surface area contributed by atoms with Crippen LogP contribution in [0.4, 0.5) is 0 Å². The number of hydrogen-bond donors (Lipinski definition) is 0. The zero-order valence-electron chi connectivity index (χ0n) is 14.0. The fourth-order valence-corrected chi connectivity index (χ4v) is 3.92. The standard InChI is InChI=1S/C24H19N/c1-2-9-18(10-3-1)19-11-8-12-20(17-19)25-23-15-6-4-13-21(23)22-14-5-7-16-24(22)25/h1-4,6-13,15-17H,5,14H2. The van der Waals surface area contributed by atoms with Gasteiger partial charge < -0.3 is 4.57 Å². The third-order valence-corrected chi connectivity index (χ3v) is 5.07. The number of aromatic nitrogens is 1. The molecule has 0 unspecified atom stereocenters. The normalized spacial score (nSPS) is 13.1. The van der Waals surface area contributed by atoms with E-state index in [4.69, 9.17) is 0 Å². The van der Waals surface area contributed by atoms with E-state index in [1.54, 1.807) is 0 Å². The highest BCUT2D eigenvalue weighted by Gasteiger charge is 2.18. The molecule has 0 bridgehead atoms. The summed E-state index contributed by atoms with van der Waals surface area (Å²) < 4.78 is 2.41. The molecule has 1 heteroatoms. The maximum Gasteiger partial charge on any atom is 0.0537 e. The highest BCUT2D eigenvalue weighted by atomic mass is 15.0. The summed E-state index contributed by atoms with van der Waals surface area (Å²) in [5.74, 6) is 0. The lowest BCUT2D eigenvalue weighted by Gasteiger charge is -2.13. The molecule has 1 heterocycles. The molecule has 1 aromatic heterocycles. The summed E-state index contributed by atoms with van der Waals surface area (Å²) in [4.78, 5) is 0. The first-order valence-corrected chi connectivity index (χ1v) is 8.86. The molecule has 0 spiro atoms. The van der Waals surface area contributed by atoms with E-state index >= 15 is 0 Å². The van der Waals surface area contributed by atoms with Crippen LogP contribution in [0.1, 0.15) is 17.7 Å². The van der Waals surface area contributed by atoms with Crippen LogP contribution in [0.3, 0.4) is 0 Å². The SMILES string of the molecule is C1=Cc2c(c3ccccc3n2-c2cccc(-c3ccccc3)c2)CC1. The molecule has 0 saturated heterocycles. The zero-order valence-corrected chi connectivity index (χ0v) is 14.0. The third kappa shape index (κ3) is 2.32. The van der Waals surface area contributed by atoms with Crippen LogP contribution in [-0.4, -0.2) is 4.57 Å². The predicted octanol–water partition coefficient (Wildman–Crippen LogP) is 6.26. The molecule has 0 atom stereocenters. The Balaban J connectivity index is 1.77. The first-order chi connectivity index (χ1) is 12.4. The van der Waals surface area contributed by atoms with Gasteiger partial charge in [0.05, 0.1) is 5.52 Å². The smallest absolute Gasteiger partial charge is 0.0537 e. The second kappa shape index (κ2) is 5.78. The van der Waals surface area contributed by atoms with Gasteiger partial charge in [-0.15, -0.1) is 0 Å². The molecule has 1 aliphatic carbocycles. The lowest BCUT2D eigenvalue weighted by atomic mass is 10.0. The molecule has 0 saturated carbocycles. The monoisotopic (exact) mass is 321 g/mol. The Labute approximate surface area is 147 Å². The Bertz CT molecular complexity index is 1080. The molecule has 0 N–H and O–H groups in total. The molecule has 5 rings (SSSR count). The van der Waals surface area contributed by atoms with Gasteiger partial charge in [0.15, 0.2) is 0 Å². The zero-order chi connectivity index (χ0) is 16.6. The van der Waals surface area contributed by atoms with Crippen LogP contribution in [0.2, 0.25) is 0 Å². The second-order valence-electron chi connectivity index (χ2n) is 6.57. The van der Waals surface area contributed by atoms with Gasteiger partial charge in [0.2, 0.25) is 0 Å². The Morgan fingerprint density at radius 2 is 1.52 bits per heavy atom. The van der Waals surface area contributed by atoms with Crippen LogP contribution < -0.4 is 0 Å². The molecular formula is C24H19N. The molecule has 0 radical (unpaired) electrons. The van der Waals surface area contributed by atoms with E-state index in [-0.39, 0.29) is 0 Å². The molecule has 1 nitrogen and oxygen atoms in total. The van der Waals surface area contributed by atoms with Crippen molar-refractivity contribution in [2.75, 3.05) is 0 Å². The van der Waals surface area contributed by atoms with Crippen molar-refractivity contribution in [3.63, 3.8) is 0 Å². The third-order valence-electron chi connectivity index (χ3n) is 5.07. The van der Waals surface area contributed by atoms with Gasteiger partial charge in [-0.2, -0.15) is 0 Å². The fraction of sp³-hybridized carbons (Fsp3) is 0.0833. The second-order valence-corrected chi connectivity index (χ2v) is 6.57. The summed E-state index contributed by atoms with van der Waals surface area (Å²) in [6.45, 7) is 0. The van der Waals surface area contributed by atoms with Gasteiger partial charge in [-0.05, 0) is 53.8 Å². The van der Waals surface area contributed by atoms with Crippen molar-refractivity contribution in [3.05, 3.63) is 96.2 Å². The Morgan fingerprint density at radius 3 is 2.44 bits per heavy atom. The van der Waals surface area contributed by atoms with Crippen LogP contribution in [0.5, 0.6) is 0 Å². The topological polar surface area (TPSA) is 4.93 Å². The first kappa shape index (κ1) is 14.3. The minimum Gasteiger partial charge on any atom is -0.310 e. The van der Waals surface area contributed by atoms with Gasteiger partial charge in [0, 0.05) is 16.8 Å². The first-order valence-electron chi connectivity index (χ1n) is 8.86. The number of aryl methyl sites for hydroxylation is 1. The van der Waals surface area contributed by atoms with Crippen molar-refractivity contribution >= 4 is 17.0 Å². The summed E-state index contributed by atoms with van der Waals surface area (Å²) in [6, 6.07) is 28.2. The largest absolute Gasteiger partial charge is 0.310 e. The van der Waals surface area contributed by atoms with Crippen LogP contribution in [0, 0.1) is 0 Å². The number of nitrogens with zero attached hydrogens (tertiary/aromatic N) is 1. The predicted molar refractivity (Wildman–Crippen MR) is 106 cm³/mol. The summed E-state index contributed by atoms with van der Waals surface area (Å²) in [5.41, 5.74) is 7.84. The average Bonchev–Trinajstić information content (AvgIpc) is 3.03. The Kier molecular flexibility index (Phi) is 3.31. The lowest BCUT2D eigenvalue weighted by Crippen LogP contribution is -2.00. The fourth-order valence-electron chi connectivity index (χ4n) is 3.92. The van der Waals surface area contributed by atoms with Gasteiger partial charge in [0.1, 0.15) is 0 Å². The van der Waals surface area contributed by atoms with Crippen molar-refractivity contribution in [2.24, 2.45) is 0 Å². The summed E-state index contributed by atoms with van der Waals surface area (Å²) in [5, 5.41) is 1.38. The van der Waals surface area contributed by atoms with Crippen molar-refractivity contribution in [2.45, 2.75) is 12.8 Å². The summed E-state index contributed by atoms with van der Waals surface area (Å²) in [6.07, 6.45) is 6.83. The number of para-hydroxylation sites is 1. The number of hydrogen-bond acceptors (Lipinski definition) is 0. The van der Waals surface area contributed by atoms with E-state index in [1.165, 1.54) is 39.0 Å². The molecular weight excluding hydrogens is 302 g/mol. The highest BCUT2D eigenvalue weighted by Crippen LogP contribution is 2.34. The maximum absolute atomic E-state index is 2.41. The van der Waals surface area contributed by atoms with Crippen molar-refractivity contribution in [1.29, 1.82) is 0 Å². The minimum atomic E-state index is 1.12. The minimum absolute atomic E-state index is 1.12. The van der Waals surface area contributed by atoms with Crippen LogP contribution in [0.15, 0.2) is 84.9 Å². The molecule has 4 aromatic rings. The molecule has 25 heavy (non-hydrogen) atoms. The molecule has 1 aliphatic rings. The Morgan fingerprint density at radius 1 is 0.720 bits per heavy atom. The number of allylic oxidation sites excluding steroid dienone is 1. The van der Waals surface area contributed by atoms with E-state index < -0.39 is 0 Å². The van der Waals surface area contributed by atoms with Gasteiger partial charge in [-0.1, -0.05) is 66.7 Å². The molecule has 0 amide bonds. The number of rotatable bonds is 2. The molecule has 0 fully saturated rings. The number of fused-ring (bicyclic) bond motifs is 3. The van der Waals surface area contributed by atoms with E-state index in [0.29, 0.717) is 0 Å². The highest BCUT2D eigenvalue weighted by molar-refractivity contribution is 5.90. The van der Waals surface area contributed by atoms with Gasteiger partial charge in [-0.25, -0.2) is 0 Å². The van der Waals surface area contributed by atoms with Gasteiger partial charge >= 0.3 is 0 Å². The van der Waals surface area contributed by atoms with Crippen LogP contribution >= 0.6 is 0 Å². The molecule has 3 aromatic carbocycles. The maximum atomic E-state index is 2.41. The average molecular weight is 321 g/mol. The van der Waals surface area contributed by atoms with E-state index in [2.05, 4.69) is 95.6 Å². The summed E-state index contributed by atoms with van der Waals surface area (Å²) in [7, 11) is 0. The van der Waals surface area contributed by atoms with Crippen molar-refractivity contribution < 1.29 is 0 Å². The van der Waals surface area contributed by atoms with E-state index in [0.717, 1.165) is 12.8 Å². The lowest BCUT2D eigenvalue weighted by molar-refractivity contribution is 0.968. The van der Waals surface area contributed by atoms with Gasteiger partial charge in [0.25, 0.3) is 0 Å². The Hall–Kier alpha value is -3.06. The molecule has 0 aliphatic heterocycles. The van der Waals surface area contributed by atoms with Crippen LogP contribution in [0.25, 0.3) is 33.8 Å². The quantitative estimate of drug-likeness (QED) is 0.411. The van der Waals surface area contributed by atoms with Crippen molar-refractivity contribution in [3.8, 4) is 16.8 Å². The number of benzene rings is 3. The summed E-state index contributed by atoms with van der Waals surface area (Å²) >= 11 is 0. The van der Waals surface area contributed by atoms with Crippen molar-refractivity contribution in [1.82, 2.24) is 4.57 Å². The molecule has 120 valence electrons. The van der Waals surface area contributed by atoms with E-state index in [1.807, 2.05) is 0 Å². The van der Waals surface area contributed by atoms with E-state index in [9.17, 15) is 0 Å². The van der Waals surface area contributed by atoms with Gasteiger partial charge in [-0.3, -0.25) is 0 Å². The van der Waals surface area contributed by atoms with Crippen LogP contribution in [-0.2, 0) is 6.42 Å².